The highest BCUT2D eigenvalue weighted by molar-refractivity contribution is 5.66. The molecule has 0 aromatic carbocycles. The Bertz CT molecular complexity index is 551. The van der Waals surface area contributed by atoms with Gasteiger partial charge in [0.05, 0.1) is 24.4 Å². The Hall–Kier alpha value is -1.73. The number of aliphatic hydroxyl groups is 3. The highest BCUT2D eigenvalue weighted by Crippen LogP contribution is 2.25. The van der Waals surface area contributed by atoms with Gasteiger partial charge in [0.2, 0.25) is 0 Å². The first kappa shape index (κ1) is 24.3. The lowest BCUT2D eigenvalue weighted by molar-refractivity contribution is -0.136. The number of hydrogen-bond donors (Lipinski definition) is 4. The second kappa shape index (κ2) is 14.3. The van der Waals surface area contributed by atoms with E-state index >= 15 is 0 Å². The summed E-state index contributed by atoms with van der Waals surface area (Å²) in [7, 11) is 0. The second-order valence-electron chi connectivity index (χ2n) is 6.92. The molecule has 0 spiro atoms. The summed E-state index contributed by atoms with van der Waals surface area (Å²) in [6.45, 7) is 1.87. The first-order valence-electron chi connectivity index (χ1n) is 9.98. The Labute approximate surface area is 167 Å². The fourth-order valence-electron chi connectivity index (χ4n) is 2.77. The van der Waals surface area contributed by atoms with Gasteiger partial charge in [-0.1, -0.05) is 55.5 Å². The quantitative estimate of drug-likeness (QED) is 0.358. The lowest BCUT2D eigenvalue weighted by Crippen LogP contribution is -2.25. The van der Waals surface area contributed by atoms with E-state index < -0.39 is 36.5 Å². The van der Waals surface area contributed by atoms with Crippen molar-refractivity contribution in [3.05, 3.63) is 48.6 Å². The monoisotopic (exact) mass is 394 g/mol. The van der Waals surface area contributed by atoms with Crippen LogP contribution < -0.4 is 0 Å². The molecule has 158 valence electrons. The number of aliphatic carboxylic acids is 1. The van der Waals surface area contributed by atoms with Crippen LogP contribution in [0.3, 0.4) is 0 Å². The predicted octanol–water partition coefficient (Wildman–Crippen LogP) is 2.90. The van der Waals surface area contributed by atoms with Gasteiger partial charge in [0.15, 0.2) is 0 Å². The molecule has 0 bridgehead atoms. The highest BCUT2D eigenvalue weighted by Gasteiger charge is 2.35. The van der Waals surface area contributed by atoms with Gasteiger partial charge in [-0.15, -0.1) is 0 Å². The molecular weight excluding hydrogens is 360 g/mol. The summed E-state index contributed by atoms with van der Waals surface area (Å²) >= 11 is 0. The summed E-state index contributed by atoms with van der Waals surface area (Å²) in [5.41, 5.74) is 0. The van der Waals surface area contributed by atoms with Crippen LogP contribution in [0.4, 0.5) is 0 Å². The largest absolute Gasteiger partial charge is 0.481 e. The van der Waals surface area contributed by atoms with E-state index in [0.717, 1.165) is 12.8 Å². The molecule has 0 unspecified atom stereocenters. The van der Waals surface area contributed by atoms with Crippen molar-refractivity contribution in [3.63, 3.8) is 0 Å². The number of allylic oxidation sites excluding steroid dienone is 5. The molecule has 1 aliphatic rings. The molecule has 0 aliphatic carbocycles. The molecular formula is C22H34O6. The van der Waals surface area contributed by atoms with Crippen LogP contribution in [0.2, 0.25) is 0 Å². The number of hydrogen-bond acceptors (Lipinski definition) is 5. The Balaban J connectivity index is 2.22. The minimum atomic E-state index is -0.785. The number of carboxylic acid groups (broad SMARTS) is 1. The van der Waals surface area contributed by atoms with Crippen molar-refractivity contribution in [2.24, 2.45) is 0 Å². The van der Waals surface area contributed by atoms with E-state index in [1.54, 1.807) is 12.2 Å². The van der Waals surface area contributed by atoms with E-state index in [-0.39, 0.29) is 6.42 Å². The van der Waals surface area contributed by atoms with Crippen LogP contribution in [-0.2, 0) is 9.53 Å². The first-order valence-corrected chi connectivity index (χ1v) is 9.98. The molecule has 0 aromatic heterocycles. The molecule has 1 saturated heterocycles. The van der Waals surface area contributed by atoms with E-state index in [9.17, 15) is 20.1 Å². The highest BCUT2D eigenvalue weighted by atomic mass is 16.5. The molecule has 1 rings (SSSR count). The van der Waals surface area contributed by atoms with Crippen LogP contribution in [-0.4, -0.2) is 56.9 Å². The van der Waals surface area contributed by atoms with Gasteiger partial charge in [-0.05, 0) is 32.1 Å². The molecule has 0 radical (unpaired) electrons. The lowest BCUT2D eigenvalue weighted by atomic mass is 10.0. The van der Waals surface area contributed by atoms with Crippen molar-refractivity contribution < 1.29 is 30.0 Å². The van der Waals surface area contributed by atoms with Gasteiger partial charge in [0.25, 0.3) is 0 Å². The van der Waals surface area contributed by atoms with Crippen molar-refractivity contribution in [3.8, 4) is 0 Å². The second-order valence-corrected chi connectivity index (χ2v) is 6.92. The summed E-state index contributed by atoms with van der Waals surface area (Å²) in [5, 5.41) is 38.3. The van der Waals surface area contributed by atoms with E-state index in [2.05, 4.69) is 0 Å². The van der Waals surface area contributed by atoms with Gasteiger partial charge in [-0.2, -0.15) is 0 Å². The molecule has 6 nitrogen and oxygen atoms in total. The van der Waals surface area contributed by atoms with Crippen LogP contribution in [0.5, 0.6) is 0 Å². The lowest BCUT2D eigenvalue weighted by Gasteiger charge is -2.16. The Morgan fingerprint density at radius 2 is 1.75 bits per heavy atom. The molecule has 5 atom stereocenters. The van der Waals surface area contributed by atoms with Crippen molar-refractivity contribution in [1.82, 2.24) is 0 Å². The third-order valence-electron chi connectivity index (χ3n) is 4.50. The van der Waals surface area contributed by atoms with Gasteiger partial charge in [-0.25, -0.2) is 0 Å². The molecule has 0 saturated carbocycles. The normalized spacial score (nSPS) is 25.5. The summed E-state index contributed by atoms with van der Waals surface area (Å²) in [5.74, 6) is -0.785. The summed E-state index contributed by atoms with van der Waals surface area (Å²) in [4.78, 5) is 10.4. The topological polar surface area (TPSA) is 107 Å². The average Bonchev–Trinajstić information content (AvgIpc) is 3.04. The van der Waals surface area contributed by atoms with Gasteiger partial charge >= 0.3 is 5.97 Å². The number of rotatable bonds is 13. The number of aliphatic hydroxyl groups excluding tert-OH is 3. The van der Waals surface area contributed by atoms with E-state index in [1.807, 2.05) is 43.4 Å². The maximum atomic E-state index is 10.4. The van der Waals surface area contributed by atoms with Gasteiger partial charge in [-0.3, -0.25) is 4.79 Å². The molecule has 0 aromatic rings. The van der Waals surface area contributed by atoms with Crippen LogP contribution in [0.25, 0.3) is 0 Å². The number of carbonyl (C=O) groups is 1. The first-order chi connectivity index (χ1) is 13.4. The fraction of sp³-hybridized carbons (Fsp3) is 0.591. The molecule has 1 heterocycles. The Kier molecular flexibility index (Phi) is 12.4. The predicted molar refractivity (Wildman–Crippen MR) is 109 cm³/mol. The third-order valence-corrected chi connectivity index (χ3v) is 4.50. The molecule has 6 heteroatoms. The Morgan fingerprint density at radius 3 is 2.39 bits per heavy atom. The fourth-order valence-corrected chi connectivity index (χ4v) is 2.77. The molecule has 1 fully saturated rings. The molecule has 1 aliphatic heterocycles. The van der Waals surface area contributed by atoms with E-state index in [4.69, 9.17) is 9.84 Å². The smallest absolute Gasteiger partial charge is 0.303 e. The maximum Gasteiger partial charge on any atom is 0.303 e. The summed E-state index contributed by atoms with van der Waals surface area (Å²) in [6.07, 6.45) is 15.9. The molecule has 4 N–H and O–H groups in total. The van der Waals surface area contributed by atoms with Gasteiger partial charge < -0.3 is 25.2 Å². The van der Waals surface area contributed by atoms with Crippen molar-refractivity contribution in [2.75, 3.05) is 0 Å². The molecule has 0 amide bonds. The van der Waals surface area contributed by atoms with Crippen LogP contribution in [0, 0.1) is 0 Å². The zero-order chi connectivity index (χ0) is 20.8. The van der Waals surface area contributed by atoms with E-state index in [0.29, 0.717) is 25.7 Å². The van der Waals surface area contributed by atoms with Gasteiger partial charge in [0.1, 0.15) is 6.10 Å². The van der Waals surface area contributed by atoms with Crippen LogP contribution in [0.1, 0.15) is 51.9 Å². The Morgan fingerprint density at radius 1 is 1.11 bits per heavy atom. The third kappa shape index (κ3) is 10.6. The van der Waals surface area contributed by atoms with Crippen molar-refractivity contribution in [1.29, 1.82) is 0 Å². The van der Waals surface area contributed by atoms with E-state index in [1.165, 1.54) is 0 Å². The summed E-state index contributed by atoms with van der Waals surface area (Å²) < 4.78 is 5.70. The zero-order valence-electron chi connectivity index (χ0n) is 16.6. The molecule has 28 heavy (non-hydrogen) atoms. The van der Waals surface area contributed by atoms with Crippen molar-refractivity contribution >= 4 is 5.97 Å². The minimum absolute atomic E-state index is 0.157. The minimum Gasteiger partial charge on any atom is -0.481 e. The standard InChI is InChI=1S/C22H34O6/c1-2-17(23)14-15-20-19(25)16-21(28-20)18(24)12-10-8-6-4-3-5-7-9-11-13-22(26)27/h3-4,7-10,14-15,17-21,23-25H,2,5-6,11-13,16H2,1H3,(H,26,27)/b4-3-,9-7-,10-8-,15-14+/t17-,18-,19+,20-,21-/m1/s1. The SMILES string of the molecule is CC[C@@H](O)/C=C/[C@H]1O[C@@H]([C@H](O)C/C=C\C/C=C\C/C=C\CCC(=O)O)C[C@@H]1O. The summed E-state index contributed by atoms with van der Waals surface area (Å²) in [6, 6.07) is 0. The number of ether oxygens (including phenoxy) is 1. The van der Waals surface area contributed by atoms with Crippen LogP contribution >= 0.6 is 0 Å². The van der Waals surface area contributed by atoms with Crippen LogP contribution in [0.15, 0.2) is 48.6 Å². The van der Waals surface area contributed by atoms with Crippen molar-refractivity contribution in [2.45, 2.75) is 82.4 Å². The zero-order valence-corrected chi connectivity index (χ0v) is 16.6. The number of carboxylic acids is 1. The van der Waals surface area contributed by atoms with Gasteiger partial charge in [0, 0.05) is 12.8 Å². The maximum absolute atomic E-state index is 10.4. The average molecular weight is 395 g/mol.